The summed E-state index contributed by atoms with van der Waals surface area (Å²) < 4.78 is 13.2. The number of rotatable bonds is 3. The maximum atomic E-state index is 13.2. The van der Waals surface area contributed by atoms with Crippen LogP contribution in [-0.2, 0) is 5.33 Å². The van der Waals surface area contributed by atoms with E-state index in [9.17, 15) is 4.39 Å². The van der Waals surface area contributed by atoms with Gasteiger partial charge in [0.05, 0.1) is 0 Å². The molecule has 0 saturated carbocycles. The summed E-state index contributed by atoms with van der Waals surface area (Å²) in [5.41, 5.74) is 2.75. The van der Waals surface area contributed by atoms with Crippen LogP contribution in [0.25, 0.3) is 0 Å². The smallest absolute Gasteiger partial charge is 0.125 e. The van der Waals surface area contributed by atoms with Gasteiger partial charge in [-0.05, 0) is 30.3 Å². The molecule has 4 heteroatoms. The van der Waals surface area contributed by atoms with Gasteiger partial charge in [0, 0.05) is 34.3 Å². The molecule has 0 aliphatic carbocycles. The Morgan fingerprint density at radius 2 is 1.94 bits per heavy atom. The first kappa shape index (κ1) is 13.4. The van der Waals surface area contributed by atoms with Crippen LogP contribution in [0.4, 0.5) is 15.8 Å². The van der Waals surface area contributed by atoms with Crippen molar-refractivity contribution in [3.05, 3.63) is 58.9 Å². The van der Waals surface area contributed by atoms with Gasteiger partial charge in [0.2, 0.25) is 0 Å². The Kier molecular flexibility index (Phi) is 4.25. The molecule has 18 heavy (non-hydrogen) atoms. The van der Waals surface area contributed by atoms with E-state index in [2.05, 4.69) is 15.9 Å². The lowest BCUT2D eigenvalue weighted by Gasteiger charge is -2.22. The van der Waals surface area contributed by atoms with Gasteiger partial charge in [-0.15, -0.1) is 0 Å². The fourth-order valence-electron chi connectivity index (χ4n) is 1.82. The van der Waals surface area contributed by atoms with Crippen LogP contribution in [0.15, 0.2) is 42.5 Å². The van der Waals surface area contributed by atoms with Crippen molar-refractivity contribution < 1.29 is 4.39 Å². The highest BCUT2D eigenvalue weighted by Crippen LogP contribution is 2.33. The van der Waals surface area contributed by atoms with Gasteiger partial charge in [-0.1, -0.05) is 39.7 Å². The normalized spacial score (nSPS) is 10.4. The second-order valence-electron chi connectivity index (χ2n) is 3.91. The SMILES string of the molecule is CN(c1cccc(F)c1)c1cccc(Cl)c1CBr. The summed E-state index contributed by atoms with van der Waals surface area (Å²) >= 11 is 9.59. The molecule has 1 nitrogen and oxygen atoms in total. The molecule has 0 aromatic heterocycles. The van der Waals surface area contributed by atoms with Gasteiger partial charge >= 0.3 is 0 Å². The monoisotopic (exact) mass is 327 g/mol. The summed E-state index contributed by atoms with van der Waals surface area (Å²) in [7, 11) is 1.90. The predicted octanol–water partition coefficient (Wildman–Crippen LogP) is 5.14. The standard InChI is InChI=1S/C14H12BrClFN/c1-18(11-5-2-4-10(17)8-11)14-7-3-6-13(16)12(14)9-15/h2-8H,9H2,1H3. The summed E-state index contributed by atoms with van der Waals surface area (Å²) in [6, 6.07) is 12.2. The van der Waals surface area contributed by atoms with Crippen LogP contribution in [0.5, 0.6) is 0 Å². The molecule has 0 unspecified atom stereocenters. The lowest BCUT2D eigenvalue weighted by atomic mass is 10.1. The molecule has 0 N–H and O–H groups in total. The Labute approximate surface area is 119 Å². The second-order valence-corrected chi connectivity index (χ2v) is 4.88. The molecule has 0 radical (unpaired) electrons. The van der Waals surface area contributed by atoms with Crippen molar-refractivity contribution in [3.8, 4) is 0 Å². The molecule has 0 amide bonds. The van der Waals surface area contributed by atoms with Crippen LogP contribution in [0, 0.1) is 5.82 Å². The first-order valence-corrected chi connectivity index (χ1v) is 6.96. The van der Waals surface area contributed by atoms with E-state index in [1.54, 1.807) is 6.07 Å². The molecule has 0 atom stereocenters. The average Bonchev–Trinajstić information content (AvgIpc) is 2.37. The van der Waals surface area contributed by atoms with E-state index in [1.807, 2.05) is 36.2 Å². The first-order chi connectivity index (χ1) is 8.63. The molecule has 2 aromatic carbocycles. The summed E-state index contributed by atoms with van der Waals surface area (Å²) in [4.78, 5) is 1.92. The van der Waals surface area contributed by atoms with Gasteiger partial charge in [-0.3, -0.25) is 0 Å². The first-order valence-electron chi connectivity index (χ1n) is 5.46. The lowest BCUT2D eigenvalue weighted by Crippen LogP contribution is -2.11. The minimum atomic E-state index is -0.248. The highest BCUT2D eigenvalue weighted by atomic mass is 79.9. The van der Waals surface area contributed by atoms with Crippen LogP contribution in [0.3, 0.4) is 0 Å². The molecular weight excluding hydrogens is 317 g/mol. The van der Waals surface area contributed by atoms with E-state index in [-0.39, 0.29) is 5.82 Å². The van der Waals surface area contributed by atoms with Gasteiger partial charge in [-0.25, -0.2) is 4.39 Å². The van der Waals surface area contributed by atoms with Crippen LogP contribution >= 0.6 is 27.5 Å². The van der Waals surface area contributed by atoms with E-state index < -0.39 is 0 Å². The average molecular weight is 329 g/mol. The van der Waals surface area contributed by atoms with E-state index in [4.69, 9.17) is 11.6 Å². The Morgan fingerprint density at radius 1 is 1.22 bits per heavy atom. The van der Waals surface area contributed by atoms with E-state index in [0.29, 0.717) is 10.4 Å². The molecular formula is C14H12BrClFN. The minimum Gasteiger partial charge on any atom is -0.344 e. The van der Waals surface area contributed by atoms with E-state index >= 15 is 0 Å². The molecule has 2 aromatic rings. The Balaban J connectivity index is 2.46. The van der Waals surface area contributed by atoms with Crippen molar-refractivity contribution >= 4 is 38.9 Å². The number of halogens is 3. The highest BCUT2D eigenvalue weighted by Gasteiger charge is 2.11. The number of hydrogen-bond acceptors (Lipinski definition) is 1. The van der Waals surface area contributed by atoms with Crippen molar-refractivity contribution in [2.45, 2.75) is 5.33 Å². The molecule has 2 rings (SSSR count). The number of nitrogens with zero attached hydrogens (tertiary/aromatic N) is 1. The molecule has 0 heterocycles. The number of anilines is 2. The summed E-state index contributed by atoms with van der Waals surface area (Å²) in [5, 5.41) is 1.36. The minimum absolute atomic E-state index is 0.248. The molecule has 0 fully saturated rings. The van der Waals surface area contributed by atoms with Gasteiger partial charge in [0.15, 0.2) is 0 Å². The van der Waals surface area contributed by atoms with E-state index in [1.165, 1.54) is 12.1 Å². The molecule has 0 aliphatic rings. The maximum absolute atomic E-state index is 13.2. The van der Waals surface area contributed by atoms with Crippen molar-refractivity contribution in [2.75, 3.05) is 11.9 Å². The van der Waals surface area contributed by atoms with Crippen molar-refractivity contribution in [2.24, 2.45) is 0 Å². The zero-order valence-corrected chi connectivity index (χ0v) is 12.2. The molecule has 94 valence electrons. The van der Waals surface area contributed by atoms with Gasteiger partial charge < -0.3 is 4.90 Å². The molecule has 0 spiro atoms. The molecule has 0 bridgehead atoms. The van der Waals surface area contributed by atoms with Crippen LogP contribution in [-0.4, -0.2) is 7.05 Å². The number of hydrogen-bond donors (Lipinski definition) is 0. The lowest BCUT2D eigenvalue weighted by molar-refractivity contribution is 0.628. The van der Waals surface area contributed by atoms with Gasteiger partial charge in [-0.2, -0.15) is 0 Å². The van der Waals surface area contributed by atoms with Crippen molar-refractivity contribution in [1.29, 1.82) is 0 Å². The van der Waals surface area contributed by atoms with Gasteiger partial charge in [0.1, 0.15) is 5.82 Å². The van der Waals surface area contributed by atoms with Crippen molar-refractivity contribution in [3.63, 3.8) is 0 Å². The zero-order valence-electron chi connectivity index (χ0n) is 9.83. The quantitative estimate of drug-likeness (QED) is 0.705. The third kappa shape index (κ3) is 2.68. The summed E-state index contributed by atoms with van der Waals surface area (Å²) in [5.74, 6) is -0.248. The molecule has 0 aliphatic heterocycles. The van der Waals surface area contributed by atoms with Crippen LogP contribution < -0.4 is 4.90 Å². The van der Waals surface area contributed by atoms with E-state index in [0.717, 1.165) is 16.9 Å². The van der Waals surface area contributed by atoms with Crippen LogP contribution in [0.2, 0.25) is 5.02 Å². The zero-order chi connectivity index (χ0) is 13.1. The Morgan fingerprint density at radius 3 is 2.61 bits per heavy atom. The highest BCUT2D eigenvalue weighted by molar-refractivity contribution is 9.08. The summed E-state index contributed by atoms with van der Waals surface area (Å²) in [6.07, 6.45) is 0. The molecule has 0 saturated heterocycles. The maximum Gasteiger partial charge on any atom is 0.125 e. The third-order valence-corrected chi connectivity index (χ3v) is 3.70. The summed E-state index contributed by atoms with van der Waals surface area (Å²) in [6.45, 7) is 0. The number of benzene rings is 2. The van der Waals surface area contributed by atoms with Crippen LogP contribution in [0.1, 0.15) is 5.56 Å². The largest absolute Gasteiger partial charge is 0.344 e. The predicted molar refractivity (Wildman–Crippen MR) is 78.5 cm³/mol. The van der Waals surface area contributed by atoms with Crippen molar-refractivity contribution in [1.82, 2.24) is 0 Å². The number of alkyl halides is 1. The third-order valence-electron chi connectivity index (χ3n) is 2.78. The Bertz CT molecular complexity index is 559. The Hall–Kier alpha value is -1.06. The second kappa shape index (κ2) is 5.72. The fraction of sp³-hybridized carbons (Fsp3) is 0.143. The van der Waals surface area contributed by atoms with Gasteiger partial charge in [0.25, 0.3) is 0 Å². The fourth-order valence-corrected chi connectivity index (χ4v) is 2.80. The topological polar surface area (TPSA) is 3.24 Å².